The SMILES string of the molecule is CC(=O)N1C[C@H](O)C(F)(F)C1. The molecule has 11 heavy (non-hydrogen) atoms. The van der Waals surface area contributed by atoms with Gasteiger partial charge in [0.1, 0.15) is 6.10 Å². The maximum Gasteiger partial charge on any atom is 0.292 e. The van der Waals surface area contributed by atoms with Gasteiger partial charge >= 0.3 is 0 Å². The number of amides is 1. The molecule has 0 saturated carbocycles. The molecule has 1 saturated heterocycles. The summed E-state index contributed by atoms with van der Waals surface area (Å²) in [4.78, 5) is 11.5. The molecule has 0 radical (unpaired) electrons. The van der Waals surface area contributed by atoms with Crippen LogP contribution in [0.2, 0.25) is 0 Å². The Kier molecular flexibility index (Phi) is 1.83. The quantitative estimate of drug-likeness (QED) is 0.542. The summed E-state index contributed by atoms with van der Waals surface area (Å²) in [5, 5.41) is 8.73. The summed E-state index contributed by atoms with van der Waals surface area (Å²) in [6.07, 6.45) is -1.70. The molecule has 0 spiro atoms. The van der Waals surface area contributed by atoms with Gasteiger partial charge in [-0.05, 0) is 0 Å². The first kappa shape index (κ1) is 8.39. The van der Waals surface area contributed by atoms with Crippen molar-refractivity contribution in [1.82, 2.24) is 4.90 Å². The molecule has 5 heteroatoms. The highest BCUT2D eigenvalue weighted by molar-refractivity contribution is 5.73. The number of rotatable bonds is 0. The smallest absolute Gasteiger partial charge is 0.292 e. The lowest BCUT2D eigenvalue weighted by Crippen LogP contribution is -2.31. The molecule has 0 unspecified atom stereocenters. The van der Waals surface area contributed by atoms with Gasteiger partial charge in [-0.25, -0.2) is 8.78 Å². The highest BCUT2D eigenvalue weighted by Crippen LogP contribution is 2.27. The number of aliphatic hydroxyl groups excluding tert-OH is 1. The van der Waals surface area contributed by atoms with Gasteiger partial charge in [-0.2, -0.15) is 0 Å². The molecule has 0 aliphatic carbocycles. The van der Waals surface area contributed by atoms with Crippen LogP contribution in [0.15, 0.2) is 0 Å². The number of carbonyl (C=O) groups excluding carboxylic acids is 1. The summed E-state index contributed by atoms with van der Waals surface area (Å²) in [6.45, 7) is 0.278. The van der Waals surface area contributed by atoms with Crippen molar-refractivity contribution in [2.24, 2.45) is 0 Å². The Morgan fingerprint density at radius 2 is 2.27 bits per heavy atom. The van der Waals surface area contributed by atoms with Crippen LogP contribution in [0.3, 0.4) is 0 Å². The fraction of sp³-hybridized carbons (Fsp3) is 0.833. The van der Waals surface area contributed by atoms with Crippen LogP contribution in [0, 0.1) is 0 Å². The van der Waals surface area contributed by atoms with Gasteiger partial charge in [0.15, 0.2) is 0 Å². The molecule has 1 rings (SSSR count). The molecule has 1 atom stereocenters. The van der Waals surface area contributed by atoms with Crippen molar-refractivity contribution in [1.29, 1.82) is 0 Å². The second-order valence-electron chi connectivity index (χ2n) is 2.68. The minimum Gasteiger partial charge on any atom is -0.385 e. The predicted molar refractivity (Wildman–Crippen MR) is 33.2 cm³/mol. The first-order valence-electron chi connectivity index (χ1n) is 3.25. The van der Waals surface area contributed by atoms with E-state index in [4.69, 9.17) is 5.11 Å². The number of β-amino-alcohol motifs (C(OH)–C–C–N with tert-alkyl or cyclic N) is 1. The van der Waals surface area contributed by atoms with Crippen LogP contribution in [0.4, 0.5) is 8.78 Å². The van der Waals surface area contributed by atoms with Gasteiger partial charge in [-0.15, -0.1) is 0 Å². The van der Waals surface area contributed by atoms with Crippen molar-refractivity contribution < 1.29 is 18.7 Å². The van der Waals surface area contributed by atoms with Crippen LogP contribution in [0.5, 0.6) is 0 Å². The van der Waals surface area contributed by atoms with Crippen LogP contribution >= 0.6 is 0 Å². The van der Waals surface area contributed by atoms with E-state index in [-0.39, 0.29) is 6.54 Å². The lowest BCUT2D eigenvalue weighted by molar-refractivity contribution is -0.129. The second kappa shape index (κ2) is 2.41. The molecule has 64 valence electrons. The molecule has 0 aromatic rings. The normalized spacial score (nSPS) is 29.1. The minimum absolute atomic E-state index is 0.262. The number of halogens is 2. The highest BCUT2D eigenvalue weighted by Gasteiger charge is 2.47. The van der Waals surface area contributed by atoms with Gasteiger partial charge in [0.25, 0.3) is 5.92 Å². The third kappa shape index (κ3) is 1.48. The third-order valence-corrected chi connectivity index (χ3v) is 1.73. The molecule has 0 bridgehead atoms. The molecule has 1 aliphatic rings. The third-order valence-electron chi connectivity index (χ3n) is 1.73. The molecule has 1 heterocycles. The summed E-state index contributed by atoms with van der Waals surface area (Å²) >= 11 is 0. The number of hydrogen-bond donors (Lipinski definition) is 1. The lowest BCUT2D eigenvalue weighted by Gasteiger charge is -2.11. The Balaban J connectivity index is 2.64. The maximum atomic E-state index is 12.5. The van der Waals surface area contributed by atoms with E-state index in [9.17, 15) is 13.6 Å². The zero-order valence-electron chi connectivity index (χ0n) is 6.05. The molecule has 1 fully saturated rings. The van der Waals surface area contributed by atoms with E-state index in [1.54, 1.807) is 0 Å². The summed E-state index contributed by atoms with van der Waals surface area (Å²) < 4.78 is 25.0. The van der Waals surface area contributed by atoms with Crippen LogP contribution in [0.1, 0.15) is 6.92 Å². The van der Waals surface area contributed by atoms with Crippen LogP contribution in [0.25, 0.3) is 0 Å². The zero-order chi connectivity index (χ0) is 8.65. The van der Waals surface area contributed by atoms with E-state index in [0.717, 1.165) is 4.90 Å². The molecule has 3 nitrogen and oxygen atoms in total. The van der Waals surface area contributed by atoms with Gasteiger partial charge < -0.3 is 10.0 Å². The Morgan fingerprint density at radius 1 is 1.73 bits per heavy atom. The standard InChI is InChI=1S/C6H9F2NO2/c1-4(10)9-2-5(11)6(7,8)3-9/h5,11H,2-3H2,1H3/t5-/m0/s1. The van der Waals surface area contributed by atoms with Gasteiger partial charge in [0.2, 0.25) is 5.91 Å². The highest BCUT2D eigenvalue weighted by atomic mass is 19.3. The van der Waals surface area contributed by atoms with E-state index >= 15 is 0 Å². The molecule has 1 amide bonds. The van der Waals surface area contributed by atoms with Crippen LogP contribution < -0.4 is 0 Å². The van der Waals surface area contributed by atoms with Crippen molar-refractivity contribution in [3.05, 3.63) is 0 Å². The van der Waals surface area contributed by atoms with Crippen molar-refractivity contribution in [2.75, 3.05) is 13.1 Å². The topological polar surface area (TPSA) is 40.5 Å². The van der Waals surface area contributed by atoms with E-state index in [2.05, 4.69) is 0 Å². The average Bonchev–Trinajstić information content (AvgIpc) is 2.08. The summed E-state index contributed by atoms with van der Waals surface area (Å²) in [5.41, 5.74) is 0. The molecule has 1 N–H and O–H groups in total. The Morgan fingerprint density at radius 3 is 2.45 bits per heavy atom. The molecular formula is C6H9F2NO2. The van der Waals surface area contributed by atoms with Crippen molar-refractivity contribution in [3.63, 3.8) is 0 Å². The van der Waals surface area contributed by atoms with Crippen molar-refractivity contribution in [3.8, 4) is 0 Å². The summed E-state index contributed by atoms with van der Waals surface area (Å²) in [5.74, 6) is -3.56. The minimum atomic E-state index is -3.13. The fourth-order valence-corrected chi connectivity index (χ4v) is 1.01. The van der Waals surface area contributed by atoms with E-state index in [1.807, 2.05) is 0 Å². The monoisotopic (exact) mass is 165 g/mol. The Labute approximate surface area is 62.6 Å². The molecular weight excluding hydrogens is 156 g/mol. The summed E-state index contributed by atoms with van der Waals surface area (Å²) in [7, 11) is 0. The Hall–Kier alpha value is -0.710. The van der Waals surface area contributed by atoms with E-state index < -0.39 is 24.5 Å². The number of alkyl halides is 2. The van der Waals surface area contributed by atoms with Gasteiger partial charge in [0, 0.05) is 6.92 Å². The van der Waals surface area contributed by atoms with Gasteiger partial charge in [-0.3, -0.25) is 4.79 Å². The van der Waals surface area contributed by atoms with Gasteiger partial charge in [-0.1, -0.05) is 0 Å². The predicted octanol–water partition coefficient (Wildman–Crippen LogP) is -0.155. The van der Waals surface area contributed by atoms with Crippen LogP contribution in [-0.4, -0.2) is 41.0 Å². The molecule has 1 aliphatic heterocycles. The van der Waals surface area contributed by atoms with E-state index in [1.165, 1.54) is 6.92 Å². The maximum absolute atomic E-state index is 12.5. The van der Waals surface area contributed by atoms with Gasteiger partial charge in [0.05, 0.1) is 13.1 Å². The molecule has 0 aromatic heterocycles. The number of aliphatic hydroxyl groups is 1. The zero-order valence-corrected chi connectivity index (χ0v) is 6.05. The number of hydrogen-bond acceptors (Lipinski definition) is 2. The number of likely N-dealkylation sites (tertiary alicyclic amines) is 1. The first-order valence-corrected chi connectivity index (χ1v) is 3.25. The Bertz CT molecular complexity index is 183. The van der Waals surface area contributed by atoms with Crippen molar-refractivity contribution in [2.45, 2.75) is 19.0 Å². The lowest BCUT2D eigenvalue weighted by atomic mass is 10.2. The largest absolute Gasteiger partial charge is 0.385 e. The fourth-order valence-electron chi connectivity index (χ4n) is 1.01. The van der Waals surface area contributed by atoms with E-state index in [0.29, 0.717) is 0 Å². The average molecular weight is 165 g/mol. The number of carbonyl (C=O) groups is 1. The van der Waals surface area contributed by atoms with Crippen LogP contribution in [-0.2, 0) is 4.79 Å². The second-order valence-corrected chi connectivity index (χ2v) is 2.68. The first-order chi connectivity index (χ1) is 4.93. The van der Waals surface area contributed by atoms with Crippen molar-refractivity contribution >= 4 is 5.91 Å². The summed E-state index contributed by atoms with van der Waals surface area (Å²) in [6, 6.07) is 0. The molecule has 0 aromatic carbocycles. The number of nitrogens with zero attached hydrogens (tertiary/aromatic N) is 1.